The Labute approximate surface area is 143 Å². The number of benzene rings is 1. The highest BCUT2D eigenvalue weighted by molar-refractivity contribution is 5.93. The molecule has 0 unspecified atom stereocenters. The van der Waals surface area contributed by atoms with E-state index in [0.717, 1.165) is 16.6 Å². The van der Waals surface area contributed by atoms with Gasteiger partial charge in [-0.3, -0.25) is 9.97 Å². The number of fused-ring (bicyclic) bond motifs is 1. The van der Waals surface area contributed by atoms with Crippen LogP contribution in [-0.2, 0) is 0 Å². The summed E-state index contributed by atoms with van der Waals surface area (Å²) < 4.78 is 5.68. The molecule has 7 heteroatoms. The number of aromatic nitrogens is 4. The molecule has 4 aromatic rings. The van der Waals surface area contributed by atoms with Crippen LogP contribution >= 0.6 is 0 Å². The molecule has 122 valence electrons. The van der Waals surface area contributed by atoms with Crippen molar-refractivity contribution >= 4 is 28.1 Å². The predicted octanol–water partition coefficient (Wildman–Crippen LogP) is 3.54. The Balaban J connectivity index is 1.68. The first kappa shape index (κ1) is 14.8. The summed E-state index contributed by atoms with van der Waals surface area (Å²) in [5.74, 6) is 1.28. The van der Waals surface area contributed by atoms with Crippen molar-refractivity contribution in [3.05, 3.63) is 67.4 Å². The van der Waals surface area contributed by atoms with Gasteiger partial charge in [0, 0.05) is 23.5 Å². The highest BCUT2D eigenvalue weighted by Gasteiger charge is 2.12. The first-order chi connectivity index (χ1) is 12.3. The monoisotopic (exact) mass is 330 g/mol. The molecule has 4 rings (SSSR count). The Hall–Kier alpha value is -3.74. The minimum atomic E-state index is 0.267. The number of rotatable bonds is 4. The number of nitrogens with two attached hydrogens (primary N) is 1. The van der Waals surface area contributed by atoms with Crippen LogP contribution in [0, 0.1) is 0 Å². The lowest BCUT2D eigenvalue weighted by molar-refractivity contribution is 0.462. The lowest BCUT2D eigenvalue weighted by atomic mass is 10.2. The topological polar surface area (TPSA) is 98.8 Å². The van der Waals surface area contributed by atoms with E-state index in [9.17, 15) is 0 Å². The second-order valence-electron chi connectivity index (χ2n) is 5.23. The Morgan fingerprint density at radius 1 is 0.920 bits per heavy atom. The van der Waals surface area contributed by atoms with E-state index in [-0.39, 0.29) is 5.88 Å². The first-order valence-electron chi connectivity index (χ1n) is 7.60. The molecule has 0 amide bonds. The smallest absolute Gasteiger partial charge is 0.248 e. The van der Waals surface area contributed by atoms with Crippen LogP contribution in [0.5, 0.6) is 11.6 Å². The lowest BCUT2D eigenvalue weighted by Crippen LogP contribution is -2.03. The average Bonchev–Trinajstić information content (AvgIpc) is 2.66. The molecular formula is C18H14N6O. The predicted molar refractivity (Wildman–Crippen MR) is 95.8 cm³/mol. The quantitative estimate of drug-likeness (QED) is 0.590. The molecule has 0 aliphatic rings. The molecule has 3 N–H and O–H groups in total. The van der Waals surface area contributed by atoms with E-state index in [4.69, 9.17) is 10.5 Å². The van der Waals surface area contributed by atoms with Crippen LogP contribution in [0.25, 0.3) is 10.9 Å². The fourth-order valence-corrected chi connectivity index (χ4v) is 2.42. The Morgan fingerprint density at radius 2 is 1.84 bits per heavy atom. The molecule has 7 nitrogen and oxygen atoms in total. The third-order valence-corrected chi connectivity index (χ3v) is 3.60. The Kier molecular flexibility index (Phi) is 3.80. The van der Waals surface area contributed by atoms with Gasteiger partial charge in [0.1, 0.15) is 17.8 Å². The first-order valence-corrected chi connectivity index (χ1v) is 7.60. The summed E-state index contributed by atoms with van der Waals surface area (Å²) in [5, 5.41) is 4.20. The maximum atomic E-state index is 6.17. The summed E-state index contributed by atoms with van der Waals surface area (Å²) in [6.45, 7) is 0. The number of nitrogens with zero attached hydrogens (tertiary/aromatic N) is 4. The summed E-state index contributed by atoms with van der Waals surface area (Å²) in [4.78, 5) is 16.7. The second-order valence-corrected chi connectivity index (χ2v) is 5.23. The minimum absolute atomic E-state index is 0.267. The standard InChI is InChI=1S/C18H14N6O/c19-16-17(22-11-23-18(16)25-12-4-2-8-20-10-12)24-15-7-1-6-14-13(15)5-3-9-21-14/h1-11H,19H2,(H,22,23,24). The van der Waals surface area contributed by atoms with Gasteiger partial charge in [-0.05, 0) is 36.4 Å². The summed E-state index contributed by atoms with van der Waals surface area (Å²) in [6.07, 6.45) is 6.40. The van der Waals surface area contributed by atoms with Crippen molar-refractivity contribution in [1.82, 2.24) is 19.9 Å². The van der Waals surface area contributed by atoms with Gasteiger partial charge in [-0.25, -0.2) is 4.98 Å². The molecule has 0 radical (unpaired) electrons. The number of anilines is 3. The minimum Gasteiger partial charge on any atom is -0.435 e. The number of hydrogen-bond donors (Lipinski definition) is 2. The van der Waals surface area contributed by atoms with Gasteiger partial charge in [0.15, 0.2) is 5.82 Å². The number of nitrogen functional groups attached to an aromatic ring is 1. The zero-order valence-electron chi connectivity index (χ0n) is 13.1. The fourth-order valence-electron chi connectivity index (χ4n) is 2.42. The van der Waals surface area contributed by atoms with Crippen LogP contribution in [-0.4, -0.2) is 19.9 Å². The molecule has 0 aliphatic heterocycles. The van der Waals surface area contributed by atoms with Crippen LogP contribution in [0.1, 0.15) is 0 Å². The summed E-state index contributed by atoms with van der Waals surface area (Å²) in [7, 11) is 0. The second kappa shape index (κ2) is 6.40. The van der Waals surface area contributed by atoms with E-state index in [1.807, 2.05) is 30.3 Å². The van der Waals surface area contributed by atoms with E-state index < -0.39 is 0 Å². The molecule has 3 aromatic heterocycles. The molecular weight excluding hydrogens is 316 g/mol. The third-order valence-electron chi connectivity index (χ3n) is 3.60. The van der Waals surface area contributed by atoms with Gasteiger partial charge in [0.25, 0.3) is 0 Å². The number of nitrogens with one attached hydrogen (secondary N) is 1. The Bertz CT molecular complexity index is 1020. The van der Waals surface area contributed by atoms with Crippen molar-refractivity contribution in [2.45, 2.75) is 0 Å². The van der Waals surface area contributed by atoms with Gasteiger partial charge in [-0.2, -0.15) is 4.98 Å². The van der Waals surface area contributed by atoms with Crippen molar-refractivity contribution in [3.63, 3.8) is 0 Å². The lowest BCUT2D eigenvalue weighted by Gasteiger charge is -2.12. The maximum Gasteiger partial charge on any atom is 0.248 e. The Morgan fingerprint density at radius 3 is 2.72 bits per heavy atom. The molecule has 0 aliphatic carbocycles. The van der Waals surface area contributed by atoms with Crippen LogP contribution in [0.15, 0.2) is 67.4 Å². The van der Waals surface area contributed by atoms with Crippen LogP contribution in [0.3, 0.4) is 0 Å². The summed E-state index contributed by atoms with van der Waals surface area (Å²) in [5.41, 5.74) is 8.22. The highest BCUT2D eigenvalue weighted by Crippen LogP contribution is 2.32. The van der Waals surface area contributed by atoms with Crippen molar-refractivity contribution < 1.29 is 4.74 Å². The van der Waals surface area contributed by atoms with Gasteiger partial charge in [0.05, 0.1) is 11.7 Å². The van der Waals surface area contributed by atoms with Gasteiger partial charge in [-0.1, -0.05) is 6.07 Å². The molecule has 0 saturated carbocycles. The third kappa shape index (κ3) is 3.02. The average molecular weight is 330 g/mol. The van der Waals surface area contributed by atoms with Crippen LogP contribution < -0.4 is 15.8 Å². The number of ether oxygens (including phenoxy) is 1. The van der Waals surface area contributed by atoms with Gasteiger partial charge >= 0.3 is 0 Å². The molecule has 0 spiro atoms. The largest absolute Gasteiger partial charge is 0.435 e. The van der Waals surface area contributed by atoms with Crippen LogP contribution in [0.2, 0.25) is 0 Å². The van der Waals surface area contributed by atoms with E-state index in [2.05, 4.69) is 25.3 Å². The van der Waals surface area contributed by atoms with Crippen molar-refractivity contribution in [3.8, 4) is 11.6 Å². The normalized spacial score (nSPS) is 10.6. The number of hydrogen-bond acceptors (Lipinski definition) is 7. The van der Waals surface area contributed by atoms with Crippen molar-refractivity contribution in [1.29, 1.82) is 0 Å². The van der Waals surface area contributed by atoms with Gasteiger partial charge < -0.3 is 15.8 Å². The zero-order valence-corrected chi connectivity index (χ0v) is 13.1. The maximum absolute atomic E-state index is 6.17. The molecule has 0 bridgehead atoms. The molecule has 0 fully saturated rings. The molecule has 1 aromatic carbocycles. The summed E-state index contributed by atoms with van der Waals surface area (Å²) >= 11 is 0. The van der Waals surface area contributed by atoms with Gasteiger partial charge in [-0.15, -0.1) is 0 Å². The SMILES string of the molecule is Nc1c(Nc2cccc3ncccc23)ncnc1Oc1cccnc1. The molecule has 3 heterocycles. The summed E-state index contributed by atoms with van der Waals surface area (Å²) in [6, 6.07) is 13.2. The molecule has 0 saturated heterocycles. The van der Waals surface area contributed by atoms with Crippen LogP contribution in [0.4, 0.5) is 17.2 Å². The van der Waals surface area contributed by atoms with Crippen molar-refractivity contribution in [2.75, 3.05) is 11.1 Å². The van der Waals surface area contributed by atoms with Crippen molar-refractivity contribution in [2.24, 2.45) is 0 Å². The molecule has 25 heavy (non-hydrogen) atoms. The van der Waals surface area contributed by atoms with Gasteiger partial charge in [0.2, 0.25) is 5.88 Å². The zero-order chi connectivity index (χ0) is 17.1. The van der Waals surface area contributed by atoms with E-state index in [0.29, 0.717) is 17.3 Å². The number of pyridine rings is 2. The van der Waals surface area contributed by atoms with E-state index in [1.165, 1.54) is 6.33 Å². The van der Waals surface area contributed by atoms with E-state index in [1.54, 1.807) is 30.7 Å². The van der Waals surface area contributed by atoms with E-state index >= 15 is 0 Å². The fraction of sp³-hybridized carbons (Fsp3) is 0. The molecule has 0 atom stereocenters. The highest BCUT2D eigenvalue weighted by atomic mass is 16.5.